The molecule has 102 valence electrons. The van der Waals surface area contributed by atoms with E-state index in [1.54, 1.807) is 0 Å². The third-order valence-corrected chi connectivity index (χ3v) is 3.50. The van der Waals surface area contributed by atoms with Gasteiger partial charge in [0.2, 0.25) is 0 Å². The fourth-order valence-electron chi connectivity index (χ4n) is 1.97. The quantitative estimate of drug-likeness (QED) is 0.830. The smallest absolute Gasteiger partial charge is 0.175 e. The zero-order valence-corrected chi connectivity index (χ0v) is 12.2. The molecule has 2 rings (SSSR count). The van der Waals surface area contributed by atoms with E-state index in [0.717, 1.165) is 28.0 Å². The van der Waals surface area contributed by atoms with Gasteiger partial charge in [-0.1, -0.05) is 5.92 Å². The molecule has 0 saturated carbocycles. The summed E-state index contributed by atoms with van der Waals surface area (Å²) in [4.78, 5) is 0. The van der Waals surface area contributed by atoms with Gasteiger partial charge in [0.1, 0.15) is 0 Å². The molecular formula is C14H17BrN2O2. The monoisotopic (exact) mass is 324 g/mol. The van der Waals surface area contributed by atoms with E-state index in [2.05, 4.69) is 27.2 Å². The van der Waals surface area contributed by atoms with Crippen molar-refractivity contribution >= 4 is 15.9 Å². The number of fused-ring (bicyclic) bond motifs is 1. The molecule has 0 saturated heterocycles. The Morgan fingerprint density at radius 1 is 1.42 bits per heavy atom. The van der Waals surface area contributed by atoms with Crippen molar-refractivity contribution in [2.75, 3.05) is 26.3 Å². The van der Waals surface area contributed by atoms with E-state index in [4.69, 9.17) is 21.6 Å². The Hall–Kier alpha value is -1.22. The minimum Gasteiger partial charge on any atom is -0.490 e. The second kappa shape index (κ2) is 6.80. The lowest BCUT2D eigenvalue weighted by Gasteiger charge is -2.18. The SMILES string of the molecule is C#CCNC(CN)c1cc(Br)c2c(c1)OCCCO2. The van der Waals surface area contributed by atoms with Crippen molar-refractivity contribution in [3.8, 4) is 23.8 Å². The minimum absolute atomic E-state index is 0.00417. The topological polar surface area (TPSA) is 56.5 Å². The second-order valence-electron chi connectivity index (χ2n) is 4.25. The molecule has 4 nitrogen and oxygen atoms in total. The van der Waals surface area contributed by atoms with Crippen LogP contribution in [0.4, 0.5) is 0 Å². The second-order valence-corrected chi connectivity index (χ2v) is 5.11. The number of benzene rings is 1. The molecule has 5 heteroatoms. The summed E-state index contributed by atoms with van der Waals surface area (Å²) in [5.74, 6) is 4.07. The molecule has 0 aliphatic carbocycles. The number of ether oxygens (including phenoxy) is 2. The third-order valence-electron chi connectivity index (χ3n) is 2.91. The van der Waals surface area contributed by atoms with Crippen molar-refractivity contribution in [3.63, 3.8) is 0 Å². The standard InChI is InChI=1S/C14H17BrN2O2/c1-2-4-17-12(9-16)10-7-11(15)14-13(8-10)18-5-3-6-19-14/h1,7-8,12,17H,3-6,9,16H2. The number of halogens is 1. The predicted molar refractivity (Wildman–Crippen MR) is 78.4 cm³/mol. The summed E-state index contributed by atoms with van der Waals surface area (Å²) in [6, 6.07) is 3.96. The number of terminal acetylenes is 1. The molecule has 0 aromatic heterocycles. The van der Waals surface area contributed by atoms with E-state index in [0.29, 0.717) is 26.3 Å². The molecule has 1 aromatic rings. The van der Waals surface area contributed by atoms with Crippen LogP contribution in [0, 0.1) is 12.3 Å². The number of hydrogen-bond acceptors (Lipinski definition) is 4. The molecule has 1 unspecified atom stereocenters. The first-order chi connectivity index (χ1) is 9.26. The summed E-state index contributed by atoms with van der Waals surface area (Å²) in [6.45, 7) is 2.27. The van der Waals surface area contributed by atoms with Gasteiger partial charge in [-0.2, -0.15) is 0 Å². The third kappa shape index (κ3) is 3.41. The molecule has 0 radical (unpaired) electrons. The van der Waals surface area contributed by atoms with Gasteiger partial charge in [-0.3, -0.25) is 5.32 Å². The van der Waals surface area contributed by atoms with Gasteiger partial charge in [-0.05, 0) is 33.6 Å². The van der Waals surface area contributed by atoms with Crippen molar-refractivity contribution < 1.29 is 9.47 Å². The average molecular weight is 325 g/mol. The lowest BCUT2D eigenvalue weighted by atomic mass is 10.1. The molecule has 1 aromatic carbocycles. The summed E-state index contributed by atoms with van der Waals surface area (Å²) in [5, 5.41) is 3.21. The Balaban J connectivity index is 2.29. The first-order valence-electron chi connectivity index (χ1n) is 6.22. The summed E-state index contributed by atoms with van der Waals surface area (Å²) < 4.78 is 12.3. The van der Waals surface area contributed by atoms with Crippen molar-refractivity contribution in [2.24, 2.45) is 5.73 Å². The van der Waals surface area contributed by atoms with Gasteiger partial charge in [0.15, 0.2) is 11.5 Å². The Labute approximate surface area is 121 Å². The zero-order chi connectivity index (χ0) is 13.7. The maximum absolute atomic E-state index is 5.78. The number of nitrogens with one attached hydrogen (secondary N) is 1. The summed E-state index contributed by atoms with van der Waals surface area (Å²) in [6.07, 6.45) is 6.14. The van der Waals surface area contributed by atoms with Gasteiger partial charge >= 0.3 is 0 Å². The molecule has 1 aliphatic heterocycles. The van der Waals surface area contributed by atoms with Crippen LogP contribution in [0.1, 0.15) is 18.0 Å². The Kier molecular flexibility index (Phi) is 5.08. The van der Waals surface area contributed by atoms with E-state index >= 15 is 0 Å². The predicted octanol–water partition coefficient (Wildman–Crippen LogP) is 1.83. The van der Waals surface area contributed by atoms with Gasteiger partial charge in [-0.25, -0.2) is 0 Å². The van der Waals surface area contributed by atoms with Crippen molar-refractivity contribution in [1.82, 2.24) is 5.32 Å². The fourth-order valence-corrected chi connectivity index (χ4v) is 2.55. The van der Waals surface area contributed by atoms with Crippen LogP contribution in [0.15, 0.2) is 16.6 Å². The van der Waals surface area contributed by atoms with Crippen molar-refractivity contribution in [2.45, 2.75) is 12.5 Å². The number of nitrogens with two attached hydrogens (primary N) is 1. The zero-order valence-electron chi connectivity index (χ0n) is 10.6. The highest BCUT2D eigenvalue weighted by atomic mass is 79.9. The molecule has 0 amide bonds. The van der Waals surface area contributed by atoms with Gasteiger partial charge in [0.25, 0.3) is 0 Å². The largest absolute Gasteiger partial charge is 0.490 e. The Bertz CT molecular complexity index is 485. The molecule has 3 N–H and O–H groups in total. The van der Waals surface area contributed by atoms with Crippen LogP contribution in [0.25, 0.3) is 0 Å². The van der Waals surface area contributed by atoms with Crippen molar-refractivity contribution in [3.05, 3.63) is 22.2 Å². The lowest BCUT2D eigenvalue weighted by Crippen LogP contribution is -2.28. The molecule has 0 fully saturated rings. The number of hydrogen-bond donors (Lipinski definition) is 2. The van der Waals surface area contributed by atoms with Crippen LogP contribution < -0.4 is 20.5 Å². The van der Waals surface area contributed by atoms with E-state index in [1.165, 1.54) is 0 Å². The summed E-state index contributed by atoms with van der Waals surface area (Å²) in [7, 11) is 0. The van der Waals surface area contributed by atoms with Crippen LogP contribution in [0.2, 0.25) is 0 Å². The van der Waals surface area contributed by atoms with E-state index < -0.39 is 0 Å². The van der Waals surface area contributed by atoms with Gasteiger partial charge in [-0.15, -0.1) is 6.42 Å². The maximum Gasteiger partial charge on any atom is 0.175 e. The van der Waals surface area contributed by atoms with Crippen molar-refractivity contribution in [1.29, 1.82) is 0 Å². The molecule has 1 aliphatic rings. The van der Waals surface area contributed by atoms with E-state index in [1.807, 2.05) is 12.1 Å². The molecule has 0 bridgehead atoms. The normalized spacial score (nSPS) is 15.4. The summed E-state index contributed by atoms with van der Waals surface area (Å²) >= 11 is 3.52. The van der Waals surface area contributed by atoms with Crippen LogP contribution in [-0.4, -0.2) is 26.3 Å². The summed E-state index contributed by atoms with van der Waals surface area (Å²) in [5.41, 5.74) is 6.82. The first kappa shape index (κ1) is 14.2. The highest BCUT2D eigenvalue weighted by Gasteiger charge is 2.18. The first-order valence-corrected chi connectivity index (χ1v) is 7.01. The molecule has 1 atom stereocenters. The molecule has 0 spiro atoms. The van der Waals surface area contributed by atoms with Gasteiger partial charge in [0, 0.05) is 19.0 Å². The molecule has 19 heavy (non-hydrogen) atoms. The highest BCUT2D eigenvalue weighted by molar-refractivity contribution is 9.10. The van der Waals surface area contributed by atoms with Gasteiger partial charge < -0.3 is 15.2 Å². The highest BCUT2D eigenvalue weighted by Crippen LogP contribution is 2.39. The van der Waals surface area contributed by atoms with Crippen LogP contribution in [-0.2, 0) is 0 Å². The van der Waals surface area contributed by atoms with Crippen LogP contribution in [0.5, 0.6) is 11.5 Å². The lowest BCUT2D eigenvalue weighted by molar-refractivity contribution is 0.296. The molecule has 1 heterocycles. The van der Waals surface area contributed by atoms with E-state index in [-0.39, 0.29) is 6.04 Å². The average Bonchev–Trinajstić information content (AvgIpc) is 2.65. The Morgan fingerprint density at radius 3 is 2.95 bits per heavy atom. The fraction of sp³-hybridized carbons (Fsp3) is 0.429. The number of rotatable bonds is 4. The molecular weight excluding hydrogens is 308 g/mol. The van der Waals surface area contributed by atoms with Gasteiger partial charge in [0.05, 0.1) is 24.2 Å². The van der Waals surface area contributed by atoms with E-state index in [9.17, 15) is 0 Å². The maximum atomic E-state index is 5.78. The minimum atomic E-state index is 0.00417. The van der Waals surface area contributed by atoms with Crippen LogP contribution >= 0.6 is 15.9 Å². The van der Waals surface area contributed by atoms with Crippen LogP contribution in [0.3, 0.4) is 0 Å². The Morgan fingerprint density at radius 2 is 2.21 bits per heavy atom.